The number of hydrogen-bond acceptors (Lipinski definition) is 4. The van der Waals surface area contributed by atoms with E-state index in [4.69, 9.17) is 17.3 Å². The highest BCUT2D eigenvalue weighted by molar-refractivity contribution is 7.16. The molecule has 3 atom stereocenters. The summed E-state index contributed by atoms with van der Waals surface area (Å²) in [5, 5.41) is 9.20. The molecule has 2 heterocycles. The quantitative estimate of drug-likeness (QED) is 0.884. The minimum Gasteiger partial charge on any atom is -0.396 e. The maximum absolute atomic E-state index is 9.20. The van der Waals surface area contributed by atoms with Crippen LogP contribution in [0.2, 0.25) is 4.34 Å². The number of rotatable bonds is 4. The summed E-state index contributed by atoms with van der Waals surface area (Å²) < 4.78 is 0.809. The molecular weight excluding hydrogens is 256 g/mol. The van der Waals surface area contributed by atoms with E-state index in [0.29, 0.717) is 5.92 Å². The average molecular weight is 275 g/mol. The number of aliphatic hydroxyl groups is 1. The van der Waals surface area contributed by atoms with Crippen LogP contribution in [0.5, 0.6) is 0 Å². The molecule has 17 heavy (non-hydrogen) atoms. The summed E-state index contributed by atoms with van der Waals surface area (Å²) >= 11 is 7.59. The van der Waals surface area contributed by atoms with Gasteiger partial charge in [-0.1, -0.05) is 11.6 Å². The molecule has 0 radical (unpaired) electrons. The van der Waals surface area contributed by atoms with E-state index in [1.807, 2.05) is 13.0 Å². The van der Waals surface area contributed by atoms with Crippen molar-refractivity contribution in [2.45, 2.75) is 25.4 Å². The van der Waals surface area contributed by atoms with Gasteiger partial charge in [0.2, 0.25) is 0 Å². The van der Waals surface area contributed by atoms with Crippen LogP contribution in [0, 0.1) is 5.92 Å². The first-order chi connectivity index (χ1) is 8.11. The van der Waals surface area contributed by atoms with Crippen LogP contribution in [-0.2, 0) is 0 Å². The molecule has 3 N–H and O–H groups in total. The van der Waals surface area contributed by atoms with Gasteiger partial charge in [0.25, 0.3) is 0 Å². The number of likely N-dealkylation sites (tertiary alicyclic amines) is 1. The number of aliphatic hydroxyl groups excluding tert-OH is 1. The summed E-state index contributed by atoms with van der Waals surface area (Å²) in [4.78, 5) is 3.59. The Morgan fingerprint density at radius 1 is 1.65 bits per heavy atom. The Kier molecular flexibility index (Phi) is 4.44. The van der Waals surface area contributed by atoms with Gasteiger partial charge in [0.15, 0.2) is 0 Å². The second-order valence-corrected chi connectivity index (χ2v) is 6.52. The SMILES string of the molecule is CC(N)C(c1ccc(Cl)s1)N1CCC(CO)C1. The van der Waals surface area contributed by atoms with Gasteiger partial charge in [-0.15, -0.1) is 11.3 Å². The van der Waals surface area contributed by atoms with Crippen molar-refractivity contribution in [1.29, 1.82) is 0 Å². The minimum absolute atomic E-state index is 0.0714. The van der Waals surface area contributed by atoms with Crippen LogP contribution in [0.25, 0.3) is 0 Å². The van der Waals surface area contributed by atoms with Crippen molar-refractivity contribution < 1.29 is 5.11 Å². The Labute approximate surface area is 111 Å². The fraction of sp³-hybridized carbons (Fsp3) is 0.667. The van der Waals surface area contributed by atoms with Crippen molar-refractivity contribution in [2.75, 3.05) is 19.7 Å². The first-order valence-electron chi connectivity index (χ1n) is 5.97. The number of thiophene rings is 1. The highest BCUT2D eigenvalue weighted by Gasteiger charge is 2.31. The van der Waals surface area contributed by atoms with Crippen molar-refractivity contribution in [3.8, 4) is 0 Å². The van der Waals surface area contributed by atoms with E-state index < -0.39 is 0 Å². The van der Waals surface area contributed by atoms with Gasteiger partial charge in [0, 0.05) is 24.1 Å². The van der Waals surface area contributed by atoms with E-state index in [9.17, 15) is 5.11 Å². The molecule has 96 valence electrons. The van der Waals surface area contributed by atoms with Crippen molar-refractivity contribution in [3.63, 3.8) is 0 Å². The van der Waals surface area contributed by atoms with E-state index in [2.05, 4.69) is 11.0 Å². The molecule has 0 amide bonds. The largest absolute Gasteiger partial charge is 0.396 e. The fourth-order valence-electron chi connectivity index (χ4n) is 2.52. The maximum Gasteiger partial charge on any atom is 0.0931 e. The molecule has 2 rings (SSSR count). The zero-order valence-electron chi connectivity index (χ0n) is 9.97. The summed E-state index contributed by atoms with van der Waals surface area (Å²) in [6.45, 7) is 4.24. The van der Waals surface area contributed by atoms with Gasteiger partial charge < -0.3 is 10.8 Å². The van der Waals surface area contributed by atoms with Crippen LogP contribution in [0.3, 0.4) is 0 Å². The molecule has 0 aliphatic carbocycles. The Morgan fingerprint density at radius 2 is 2.41 bits per heavy atom. The molecule has 1 saturated heterocycles. The lowest BCUT2D eigenvalue weighted by Crippen LogP contribution is -2.38. The molecule has 1 aliphatic rings. The normalized spacial score (nSPS) is 25.1. The number of halogens is 1. The van der Waals surface area contributed by atoms with Crippen molar-refractivity contribution in [1.82, 2.24) is 4.90 Å². The van der Waals surface area contributed by atoms with Crippen molar-refractivity contribution >= 4 is 22.9 Å². The molecule has 1 aliphatic heterocycles. The van der Waals surface area contributed by atoms with E-state index in [1.165, 1.54) is 4.88 Å². The second kappa shape index (κ2) is 5.67. The number of nitrogens with two attached hydrogens (primary N) is 1. The molecule has 0 saturated carbocycles. The Bertz CT molecular complexity index is 369. The van der Waals surface area contributed by atoms with Crippen LogP contribution >= 0.6 is 22.9 Å². The molecule has 0 spiro atoms. The molecule has 0 bridgehead atoms. The Balaban J connectivity index is 2.13. The zero-order valence-corrected chi connectivity index (χ0v) is 11.5. The molecular formula is C12H19ClN2OS. The standard InChI is InChI=1S/C12H19ClN2OS/c1-8(14)12(10-2-3-11(13)17-10)15-5-4-9(6-15)7-16/h2-3,8-9,12,16H,4-7,14H2,1H3. The molecule has 0 aromatic carbocycles. The molecule has 1 aromatic rings. The second-order valence-electron chi connectivity index (χ2n) is 4.78. The lowest BCUT2D eigenvalue weighted by atomic mass is 10.1. The lowest BCUT2D eigenvalue weighted by molar-refractivity contribution is 0.187. The van der Waals surface area contributed by atoms with Crippen molar-refractivity contribution in [2.24, 2.45) is 11.7 Å². The van der Waals surface area contributed by atoms with E-state index in [-0.39, 0.29) is 18.7 Å². The van der Waals surface area contributed by atoms with Crippen LogP contribution in [0.15, 0.2) is 12.1 Å². The summed E-state index contributed by atoms with van der Waals surface area (Å²) in [6, 6.07) is 4.29. The summed E-state index contributed by atoms with van der Waals surface area (Å²) in [5.41, 5.74) is 6.10. The first kappa shape index (κ1) is 13.3. The monoisotopic (exact) mass is 274 g/mol. The molecule has 1 aromatic heterocycles. The molecule has 3 unspecified atom stereocenters. The third-order valence-electron chi connectivity index (χ3n) is 3.35. The van der Waals surface area contributed by atoms with Gasteiger partial charge in [0.1, 0.15) is 0 Å². The first-order valence-corrected chi connectivity index (χ1v) is 7.17. The third kappa shape index (κ3) is 3.01. The van der Waals surface area contributed by atoms with Crippen molar-refractivity contribution in [3.05, 3.63) is 21.3 Å². The maximum atomic E-state index is 9.20. The highest BCUT2D eigenvalue weighted by atomic mass is 35.5. The van der Waals surface area contributed by atoms with E-state index >= 15 is 0 Å². The summed E-state index contributed by atoms with van der Waals surface area (Å²) in [5.74, 6) is 0.395. The van der Waals surface area contributed by atoms with Crippen LogP contribution in [-0.4, -0.2) is 35.7 Å². The highest BCUT2D eigenvalue weighted by Crippen LogP contribution is 2.35. The van der Waals surface area contributed by atoms with Gasteiger partial charge in [-0.2, -0.15) is 0 Å². The Morgan fingerprint density at radius 3 is 2.88 bits per heavy atom. The average Bonchev–Trinajstić information content (AvgIpc) is 2.88. The fourth-order valence-corrected chi connectivity index (χ4v) is 3.84. The third-order valence-corrected chi connectivity index (χ3v) is 4.65. The van der Waals surface area contributed by atoms with E-state index in [0.717, 1.165) is 23.8 Å². The minimum atomic E-state index is 0.0714. The van der Waals surface area contributed by atoms with Crippen LogP contribution in [0.4, 0.5) is 0 Å². The van der Waals surface area contributed by atoms with Gasteiger partial charge >= 0.3 is 0 Å². The smallest absolute Gasteiger partial charge is 0.0931 e. The predicted molar refractivity (Wildman–Crippen MR) is 72.5 cm³/mol. The summed E-state index contributed by atoms with van der Waals surface area (Å²) in [6.07, 6.45) is 1.05. The van der Waals surface area contributed by atoms with Gasteiger partial charge in [0.05, 0.1) is 10.4 Å². The lowest BCUT2D eigenvalue weighted by Gasteiger charge is -2.30. The van der Waals surface area contributed by atoms with Crippen LogP contribution in [0.1, 0.15) is 24.3 Å². The van der Waals surface area contributed by atoms with Gasteiger partial charge in [-0.25, -0.2) is 0 Å². The summed E-state index contributed by atoms with van der Waals surface area (Å²) in [7, 11) is 0. The zero-order chi connectivity index (χ0) is 12.4. The molecule has 5 heteroatoms. The number of nitrogens with zero attached hydrogens (tertiary/aromatic N) is 1. The van der Waals surface area contributed by atoms with Gasteiger partial charge in [-0.05, 0) is 37.9 Å². The Hall–Kier alpha value is -0.130. The molecule has 1 fully saturated rings. The van der Waals surface area contributed by atoms with Crippen LogP contribution < -0.4 is 5.73 Å². The predicted octanol–water partition coefficient (Wildman–Crippen LogP) is 2.10. The number of hydrogen-bond donors (Lipinski definition) is 2. The molecule has 3 nitrogen and oxygen atoms in total. The van der Waals surface area contributed by atoms with E-state index in [1.54, 1.807) is 11.3 Å². The topological polar surface area (TPSA) is 49.5 Å². The van der Waals surface area contributed by atoms with Gasteiger partial charge in [-0.3, -0.25) is 4.90 Å².